The first-order chi connectivity index (χ1) is 7.89. The van der Waals surface area contributed by atoms with Crippen molar-refractivity contribution in [3.8, 4) is 0 Å². The summed E-state index contributed by atoms with van der Waals surface area (Å²) in [6, 6.07) is 0. The average molecular weight is 240 g/mol. The molecule has 0 aliphatic carbocycles. The van der Waals surface area contributed by atoms with E-state index in [0.717, 1.165) is 18.8 Å². The van der Waals surface area contributed by atoms with Crippen molar-refractivity contribution in [1.82, 2.24) is 19.7 Å². The lowest BCUT2D eigenvalue weighted by atomic mass is 10.0. The first-order valence-electron chi connectivity index (χ1n) is 5.71. The molecule has 0 radical (unpaired) electrons. The lowest BCUT2D eigenvalue weighted by Crippen LogP contribution is -2.47. The van der Waals surface area contributed by atoms with Crippen LogP contribution in [0.2, 0.25) is 0 Å². The van der Waals surface area contributed by atoms with Crippen molar-refractivity contribution in [3.05, 3.63) is 12.2 Å². The third-order valence-corrected chi connectivity index (χ3v) is 2.99. The van der Waals surface area contributed by atoms with Gasteiger partial charge in [-0.2, -0.15) is 5.10 Å². The third-order valence-electron chi connectivity index (χ3n) is 2.99. The minimum atomic E-state index is -0.914. The van der Waals surface area contributed by atoms with Crippen molar-refractivity contribution < 1.29 is 9.90 Å². The standard InChI is InChI=1S/C11H20N4O2/c1-5-6-15-9(12-8-13-15)7-14(4)11(2,3)10(16)17/h8H,5-7H2,1-4H3,(H,16,17). The predicted molar refractivity (Wildman–Crippen MR) is 63.5 cm³/mol. The minimum Gasteiger partial charge on any atom is -0.480 e. The van der Waals surface area contributed by atoms with Gasteiger partial charge in [-0.25, -0.2) is 9.67 Å². The van der Waals surface area contributed by atoms with E-state index >= 15 is 0 Å². The van der Waals surface area contributed by atoms with Crippen molar-refractivity contribution in [2.24, 2.45) is 0 Å². The van der Waals surface area contributed by atoms with Crippen molar-refractivity contribution in [1.29, 1.82) is 0 Å². The van der Waals surface area contributed by atoms with E-state index in [9.17, 15) is 4.79 Å². The fourth-order valence-electron chi connectivity index (χ4n) is 1.38. The molecule has 1 N–H and O–H groups in total. The maximum atomic E-state index is 11.1. The number of hydrogen-bond acceptors (Lipinski definition) is 4. The van der Waals surface area contributed by atoms with Gasteiger partial charge in [0.1, 0.15) is 17.7 Å². The van der Waals surface area contributed by atoms with Crippen LogP contribution in [-0.4, -0.2) is 43.3 Å². The zero-order valence-electron chi connectivity index (χ0n) is 10.8. The summed E-state index contributed by atoms with van der Waals surface area (Å²) in [5.41, 5.74) is -0.914. The van der Waals surface area contributed by atoms with E-state index in [1.165, 1.54) is 6.33 Å². The zero-order chi connectivity index (χ0) is 13.1. The van der Waals surface area contributed by atoms with Crippen LogP contribution < -0.4 is 0 Å². The Morgan fingerprint density at radius 1 is 1.59 bits per heavy atom. The van der Waals surface area contributed by atoms with Crippen molar-refractivity contribution in [3.63, 3.8) is 0 Å². The summed E-state index contributed by atoms with van der Waals surface area (Å²) < 4.78 is 1.81. The summed E-state index contributed by atoms with van der Waals surface area (Å²) in [6.07, 6.45) is 2.48. The average Bonchev–Trinajstić information content (AvgIpc) is 2.66. The molecule has 1 aromatic rings. The molecule has 0 saturated heterocycles. The summed E-state index contributed by atoms with van der Waals surface area (Å²) in [5.74, 6) is -0.0507. The maximum Gasteiger partial charge on any atom is 0.323 e. The molecule has 0 aromatic carbocycles. The number of carboxylic acids is 1. The molecule has 0 saturated carbocycles. The van der Waals surface area contributed by atoms with E-state index in [4.69, 9.17) is 5.11 Å². The predicted octanol–water partition coefficient (Wildman–Crippen LogP) is 0.983. The Morgan fingerprint density at radius 2 is 2.24 bits per heavy atom. The quantitative estimate of drug-likeness (QED) is 0.802. The van der Waals surface area contributed by atoms with Gasteiger partial charge in [0.2, 0.25) is 0 Å². The van der Waals surface area contributed by atoms with Crippen LogP contribution in [0.15, 0.2) is 6.33 Å². The summed E-state index contributed by atoms with van der Waals surface area (Å²) in [5, 5.41) is 13.2. The highest BCUT2D eigenvalue weighted by atomic mass is 16.4. The van der Waals surface area contributed by atoms with E-state index in [0.29, 0.717) is 6.54 Å². The number of rotatable bonds is 6. The second-order valence-corrected chi connectivity index (χ2v) is 4.62. The number of hydrogen-bond donors (Lipinski definition) is 1. The molecule has 0 bridgehead atoms. The minimum absolute atomic E-state index is 0.472. The highest BCUT2D eigenvalue weighted by Crippen LogP contribution is 2.15. The van der Waals surface area contributed by atoms with E-state index in [1.54, 1.807) is 25.8 Å². The maximum absolute atomic E-state index is 11.1. The second-order valence-electron chi connectivity index (χ2n) is 4.62. The Labute approximate surface area is 101 Å². The van der Waals surface area contributed by atoms with Crippen LogP contribution in [0, 0.1) is 0 Å². The Bertz CT molecular complexity index is 387. The number of carboxylic acid groups (broad SMARTS) is 1. The number of carbonyl (C=O) groups is 1. The lowest BCUT2D eigenvalue weighted by molar-refractivity contribution is -0.148. The molecule has 6 nitrogen and oxygen atoms in total. The van der Waals surface area contributed by atoms with Crippen LogP contribution >= 0.6 is 0 Å². The molecular weight excluding hydrogens is 220 g/mol. The van der Waals surface area contributed by atoms with Gasteiger partial charge in [0, 0.05) is 6.54 Å². The number of likely N-dealkylation sites (N-methyl/N-ethyl adjacent to an activating group) is 1. The fourth-order valence-corrected chi connectivity index (χ4v) is 1.38. The number of aromatic nitrogens is 3. The molecule has 96 valence electrons. The van der Waals surface area contributed by atoms with Gasteiger partial charge in [0.25, 0.3) is 0 Å². The Balaban J connectivity index is 2.77. The van der Waals surface area contributed by atoms with Gasteiger partial charge in [-0.3, -0.25) is 9.69 Å². The van der Waals surface area contributed by atoms with Gasteiger partial charge in [0.05, 0.1) is 6.54 Å². The summed E-state index contributed by atoms with van der Waals surface area (Å²) >= 11 is 0. The molecule has 1 aromatic heterocycles. The molecule has 0 aliphatic rings. The number of aliphatic carboxylic acids is 1. The molecular formula is C11H20N4O2. The van der Waals surface area contributed by atoms with Gasteiger partial charge in [0.15, 0.2) is 0 Å². The van der Waals surface area contributed by atoms with Crippen molar-refractivity contribution in [2.45, 2.75) is 45.8 Å². The van der Waals surface area contributed by atoms with Gasteiger partial charge in [-0.15, -0.1) is 0 Å². The van der Waals surface area contributed by atoms with Crippen LogP contribution in [-0.2, 0) is 17.9 Å². The first-order valence-corrected chi connectivity index (χ1v) is 5.71. The topological polar surface area (TPSA) is 71.2 Å². The van der Waals surface area contributed by atoms with E-state index in [1.807, 2.05) is 4.68 Å². The number of aryl methyl sites for hydroxylation is 1. The van der Waals surface area contributed by atoms with E-state index in [2.05, 4.69) is 17.0 Å². The smallest absolute Gasteiger partial charge is 0.323 e. The monoisotopic (exact) mass is 240 g/mol. The Kier molecular flexibility index (Phi) is 4.22. The van der Waals surface area contributed by atoms with Gasteiger partial charge in [-0.05, 0) is 27.3 Å². The fraction of sp³-hybridized carbons (Fsp3) is 0.727. The van der Waals surface area contributed by atoms with Crippen LogP contribution in [0.1, 0.15) is 33.0 Å². The Hall–Kier alpha value is -1.43. The highest BCUT2D eigenvalue weighted by molar-refractivity contribution is 5.77. The van der Waals surface area contributed by atoms with Crippen LogP contribution in [0.25, 0.3) is 0 Å². The van der Waals surface area contributed by atoms with Crippen LogP contribution in [0.4, 0.5) is 0 Å². The first kappa shape index (κ1) is 13.6. The molecule has 0 spiro atoms. The molecule has 0 fully saturated rings. The normalized spacial score (nSPS) is 12.1. The highest BCUT2D eigenvalue weighted by Gasteiger charge is 2.32. The zero-order valence-corrected chi connectivity index (χ0v) is 10.8. The molecule has 0 unspecified atom stereocenters. The molecule has 17 heavy (non-hydrogen) atoms. The van der Waals surface area contributed by atoms with E-state index in [-0.39, 0.29) is 0 Å². The van der Waals surface area contributed by atoms with E-state index < -0.39 is 11.5 Å². The Morgan fingerprint density at radius 3 is 2.76 bits per heavy atom. The lowest BCUT2D eigenvalue weighted by Gasteiger charge is -2.30. The second kappa shape index (κ2) is 5.27. The third kappa shape index (κ3) is 3.03. The summed E-state index contributed by atoms with van der Waals surface area (Å²) in [6.45, 7) is 6.69. The largest absolute Gasteiger partial charge is 0.480 e. The van der Waals surface area contributed by atoms with Gasteiger partial charge < -0.3 is 5.11 Å². The van der Waals surface area contributed by atoms with Gasteiger partial charge >= 0.3 is 5.97 Å². The summed E-state index contributed by atoms with van der Waals surface area (Å²) in [7, 11) is 1.78. The van der Waals surface area contributed by atoms with Crippen LogP contribution in [0.3, 0.4) is 0 Å². The molecule has 6 heteroatoms. The van der Waals surface area contributed by atoms with Crippen LogP contribution in [0.5, 0.6) is 0 Å². The molecule has 1 rings (SSSR count). The molecule has 1 heterocycles. The SMILES string of the molecule is CCCn1ncnc1CN(C)C(C)(C)C(=O)O. The number of nitrogens with zero attached hydrogens (tertiary/aromatic N) is 4. The molecule has 0 amide bonds. The van der Waals surface area contributed by atoms with Crippen molar-refractivity contribution >= 4 is 5.97 Å². The van der Waals surface area contributed by atoms with Gasteiger partial charge in [-0.1, -0.05) is 6.92 Å². The molecule has 0 aliphatic heterocycles. The molecule has 0 atom stereocenters. The summed E-state index contributed by atoms with van der Waals surface area (Å²) in [4.78, 5) is 17.0. The van der Waals surface area contributed by atoms with Crippen molar-refractivity contribution in [2.75, 3.05) is 7.05 Å².